The largest absolute Gasteiger partial charge is 0.488 e. The van der Waals surface area contributed by atoms with E-state index in [1.165, 1.54) is 0 Å². The van der Waals surface area contributed by atoms with Gasteiger partial charge in [-0.3, -0.25) is 0 Å². The molecule has 2 rings (SSSR count). The molecule has 6 nitrogen and oxygen atoms in total. The van der Waals surface area contributed by atoms with Gasteiger partial charge in [-0.25, -0.2) is 4.99 Å². The average Bonchev–Trinajstić information content (AvgIpc) is 2.68. The number of aliphatic imine (C=N–C) groups is 1. The Bertz CT molecular complexity index is 571. The molecule has 0 radical (unpaired) electrons. The summed E-state index contributed by atoms with van der Waals surface area (Å²) in [5, 5.41) is 6.63. The molecule has 28 heavy (non-hydrogen) atoms. The minimum Gasteiger partial charge on any atom is -0.488 e. The molecule has 0 aromatic heterocycles. The van der Waals surface area contributed by atoms with Crippen molar-refractivity contribution in [2.45, 2.75) is 45.3 Å². The first-order valence-electron chi connectivity index (χ1n) is 9.81. The molecule has 0 aliphatic carbocycles. The summed E-state index contributed by atoms with van der Waals surface area (Å²) in [5.74, 6) is 1.65. The zero-order valence-electron chi connectivity index (χ0n) is 16.8. The molecule has 160 valence electrons. The second-order valence-corrected chi connectivity index (χ2v) is 7.40. The van der Waals surface area contributed by atoms with Crippen molar-refractivity contribution in [2.75, 3.05) is 39.5 Å². The minimum atomic E-state index is -0.0176. The standard InChI is InChI=1S/C20H32BrN3O3.HI/c1-3-22-20(23-11-6-12-26-17-9-13-25-14-10-17)24-15-16(2)27-19-8-5-4-7-18(19)21;/h4-5,7-8,16-17H,3,6,9-15H2,1-2H3,(H2,22,23,24);1H. The van der Waals surface area contributed by atoms with Crippen molar-refractivity contribution in [3.63, 3.8) is 0 Å². The van der Waals surface area contributed by atoms with E-state index >= 15 is 0 Å². The molecule has 1 fully saturated rings. The van der Waals surface area contributed by atoms with Crippen LogP contribution in [0.4, 0.5) is 0 Å². The number of benzene rings is 1. The van der Waals surface area contributed by atoms with Gasteiger partial charge < -0.3 is 24.8 Å². The van der Waals surface area contributed by atoms with Gasteiger partial charge in [-0.1, -0.05) is 12.1 Å². The Morgan fingerprint density at radius 1 is 1.29 bits per heavy atom. The van der Waals surface area contributed by atoms with Gasteiger partial charge in [0.25, 0.3) is 0 Å². The second-order valence-electron chi connectivity index (χ2n) is 6.54. The number of ether oxygens (including phenoxy) is 3. The summed E-state index contributed by atoms with van der Waals surface area (Å²) < 4.78 is 18.1. The zero-order valence-corrected chi connectivity index (χ0v) is 20.7. The SMILES string of the molecule is CCNC(=NCC(C)Oc1ccccc1Br)NCCCOC1CCOCC1.I. The Labute approximate surface area is 194 Å². The normalized spacial score (nSPS) is 16.2. The van der Waals surface area contributed by atoms with E-state index in [4.69, 9.17) is 14.2 Å². The van der Waals surface area contributed by atoms with Gasteiger partial charge in [0.05, 0.1) is 17.1 Å². The molecule has 2 N–H and O–H groups in total. The summed E-state index contributed by atoms with van der Waals surface area (Å²) in [6.45, 7) is 8.72. The third-order valence-electron chi connectivity index (χ3n) is 4.15. The van der Waals surface area contributed by atoms with Gasteiger partial charge in [0, 0.05) is 32.9 Å². The van der Waals surface area contributed by atoms with Crippen LogP contribution >= 0.6 is 39.9 Å². The Balaban J connectivity index is 0.00000392. The summed E-state index contributed by atoms with van der Waals surface area (Å²) >= 11 is 3.50. The Morgan fingerprint density at radius 2 is 2.04 bits per heavy atom. The van der Waals surface area contributed by atoms with Crippen LogP contribution in [-0.4, -0.2) is 57.6 Å². The number of guanidine groups is 1. The first kappa shape index (κ1) is 25.5. The highest BCUT2D eigenvalue weighted by Gasteiger charge is 2.13. The van der Waals surface area contributed by atoms with Crippen LogP contribution in [-0.2, 0) is 9.47 Å². The predicted octanol–water partition coefficient (Wildman–Crippen LogP) is 3.98. The van der Waals surface area contributed by atoms with E-state index in [-0.39, 0.29) is 30.1 Å². The first-order valence-corrected chi connectivity index (χ1v) is 10.6. The quantitative estimate of drug-likeness (QED) is 0.193. The van der Waals surface area contributed by atoms with Gasteiger partial charge in [0.2, 0.25) is 0 Å². The Kier molecular flexibility index (Phi) is 13.9. The van der Waals surface area contributed by atoms with Crippen molar-refractivity contribution >= 4 is 45.9 Å². The maximum Gasteiger partial charge on any atom is 0.191 e. The fraction of sp³-hybridized carbons (Fsp3) is 0.650. The number of para-hydroxylation sites is 1. The third kappa shape index (κ3) is 10.3. The first-order chi connectivity index (χ1) is 13.2. The van der Waals surface area contributed by atoms with E-state index in [0.717, 1.165) is 68.4 Å². The van der Waals surface area contributed by atoms with Gasteiger partial charge in [-0.15, -0.1) is 24.0 Å². The van der Waals surface area contributed by atoms with Crippen LogP contribution in [0.15, 0.2) is 33.7 Å². The van der Waals surface area contributed by atoms with Crippen molar-refractivity contribution in [2.24, 2.45) is 4.99 Å². The summed E-state index contributed by atoms with van der Waals surface area (Å²) in [5.41, 5.74) is 0. The van der Waals surface area contributed by atoms with Crippen LogP contribution in [0.1, 0.15) is 33.1 Å². The summed E-state index contributed by atoms with van der Waals surface area (Å²) in [7, 11) is 0. The molecule has 0 amide bonds. The van der Waals surface area contributed by atoms with Gasteiger partial charge >= 0.3 is 0 Å². The van der Waals surface area contributed by atoms with Crippen LogP contribution in [0.25, 0.3) is 0 Å². The van der Waals surface area contributed by atoms with E-state index in [2.05, 4.69) is 38.5 Å². The van der Waals surface area contributed by atoms with Crippen molar-refractivity contribution < 1.29 is 14.2 Å². The van der Waals surface area contributed by atoms with Gasteiger partial charge in [-0.2, -0.15) is 0 Å². The highest BCUT2D eigenvalue weighted by molar-refractivity contribution is 14.0. The number of hydrogen-bond acceptors (Lipinski definition) is 4. The molecule has 1 atom stereocenters. The molecule has 1 aromatic rings. The fourth-order valence-electron chi connectivity index (χ4n) is 2.73. The molecule has 1 unspecified atom stereocenters. The second kappa shape index (κ2) is 15.3. The number of hydrogen-bond donors (Lipinski definition) is 2. The van der Waals surface area contributed by atoms with E-state index in [1.807, 2.05) is 31.2 Å². The molecule has 8 heteroatoms. The minimum absolute atomic E-state index is 0. The third-order valence-corrected chi connectivity index (χ3v) is 4.81. The average molecular weight is 570 g/mol. The topological polar surface area (TPSA) is 64.1 Å². The van der Waals surface area contributed by atoms with Crippen LogP contribution in [0.2, 0.25) is 0 Å². The van der Waals surface area contributed by atoms with Crippen molar-refractivity contribution in [3.05, 3.63) is 28.7 Å². The van der Waals surface area contributed by atoms with E-state index < -0.39 is 0 Å². The molecule has 1 aromatic carbocycles. The lowest BCUT2D eigenvalue weighted by atomic mass is 10.1. The highest BCUT2D eigenvalue weighted by atomic mass is 127. The summed E-state index contributed by atoms with van der Waals surface area (Å²) in [6.07, 6.45) is 3.30. The smallest absolute Gasteiger partial charge is 0.191 e. The number of halogens is 2. The van der Waals surface area contributed by atoms with Crippen LogP contribution in [0, 0.1) is 0 Å². The predicted molar refractivity (Wildman–Crippen MR) is 128 cm³/mol. The van der Waals surface area contributed by atoms with E-state index in [1.54, 1.807) is 0 Å². The lowest BCUT2D eigenvalue weighted by Gasteiger charge is -2.22. The van der Waals surface area contributed by atoms with Crippen LogP contribution in [0.3, 0.4) is 0 Å². The summed E-state index contributed by atoms with van der Waals surface area (Å²) in [6, 6.07) is 7.86. The molecule has 1 aliphatic rings. The molecule has 1 saturated heterocycles. The molecule has 0 spiro atoms. The molecular weight excluding hydrogens is 537 g/mol. The molecule has 1 heterocycles. The van der Waals surface area contributed by atoms with Crippen LogP contribution in [0.5, 0.6) is 5.75 Å². The zero-order chi connectivity index (χ0) is 19.3. The molecule has 0 bridgehead atoms. The van der Waals surface area contributed by atoms with Crippen molar-refractivity contribution in [1.82, 2.24) is 10.6 Å². The van der Waals surface area contributed by atoms with Gasteiger partial charge in [0.1, 0.15) is 11.9 Å². The molecule has 1 aliphatic heterocycles. The number of nitrogens with zero attached hydrogens (tertiary/aromatic N) is 1. The monoisotopic (exact) mass is 569 g/mol. The van der Waals surface area contributed by atoms with E-state index in [0.29, 0.717) is 12.6 Å². The van der Waals surface area contributed by atoms with Crippen LogP contribution < -0.4 is 15.4 Å². The lowest BCUT2D eigenvalue weighted by molar-refractivity contribution is -0.0320. The number of rotatable bonds is 10. The molecule has 0 saturated carbocycles. The molecular formula is C20H33BrIN3O3. The van der Waals surface area contributed by atoms with Crippen molar-refractivity contribution in [3.8, 4) is 5.75 Å². The summed E-state index contributed by atoms with van der Waals surface area (Å²) in [4.78, 5) is 4.62. The Hall–Kier alpha value is -0.580. The number of nitrogens with one attached hydrogen (secondary N) is 2. The Morgan fingerprint density at radius 3 is 2.75 bits per heavy atom. The lowest BCUT2D eigenvalue weighted by Crippen LogP contribution is -2.39. The fourth-order valence-corrected chi connectivity index (χ4v) is 3.11. The van der Waals surface area contributed by atoms with Gasteiger partial charge in [0.15, 0.2) is 5.96 Å². The van der Waals surface area contributed by atoms with E-state index in [9.17, 15) is 0 Å². The maximum absolute atomic E-state index is 5.94. The highest BCUT2D eigenvalue weighted by Crippen LogP contribution is 2.24. The van der Waals surface area contributed by atoms with Gasteiger partial charge in [-0.05, 0) is 61.2 Å². The van der Waals surface area contributed by atoms with Crippen molar-refractivity contribution in [1.29, 1.82) is 0 Å². The maximum atomic E-state index is 5.94.